The van der Waals surface area contributed by atoms with Crippen molar-refractivity contribution in [2.24, 2.45) is 0 Å². The van der Waals surface area contributed by atoms with E-state index in [1.807, 2.05) is 0 Å². The molecule has 1 unspecified atom stereocenters. The number of nitrogens with one attached hydrogen (secondary N) is 1. The van der Waals surface area contributed by atoms with Gasteiger partial charge in [-0.1, -0.05) is 18.0 Å². The smallest absolute Gasteiger partial charge is 0.252 e. The minimum absolute atomic E-state index is 0. The van der Waals surface area contributed by atoms with Crippen molar-refractivity contribution in [2.45, 2.75) is 29.5 Å². The number of piperazine rings is 1. The third-order valence-electron chi connectivity index (χ3n) is 4.30. The lowest BCUT2D eigenvalue weighted by atomic mass is 10.0. The van der Waals surface area contributed by atoms with Crippen LogP contribution in [0.15, 0.2) is 16.3 Å². The Morgan fingerprint density at radius 2 is 1.92 bits per heavy atom. The van der Waals surface area contributed by atoms with Crippen LogP contribution >= 0.6 is 35.3 Å². The molecule has 1 aromatic heterocycles. The molecule has 6 nitrogen and oxygen atoms in total. The topological polar surface area (TPSA) is 69.7 Å². The summed E-state index contributed by atoms with van der Waals surface area (Å²) in [6.45, 7) is 2.42. The lowest BCUT2D eigenvalue weighted by Gasteiger charge is -2.36. The first-order valence-electron chi connectivity index (χ1n) is 7.76. The number of hydrogen-bond donors (Lipinski definition) is 1. The van der Waals surface area contributed by atoms with Crippen LogP contribution in [0.3, 0.4) is 0 Å². The molecule has 2 saturated heterocycles. The normalized spacial score (nSPS) is 22.9. The maximum absolute atomic E-state index is 12.5. The van der Waals surface area contributed by atoms with Gasteiger partial charge in [0, 0.05) is 26.2 Å². The van der Waals surface area contributed by atoms with Gasteiger partial charge in [0.1, 0.15) is 4.21 Å². The zero-order valence-corrected chi connectivity index (χ0v) is 16.3. The number of carbonyl (C=O) groups is 1. The molecule has 0 radical (unpaired) electrons. The minimum atomic E-state index is -3.50. The van der Waals surface area contributed by atoms with Crippen molar-refractivity contribution in [3.63, 3.8) is 0 Å². The number of piperidine rings is 1. The molecular formula is C14H21Cl2N3O3S2. The zero-order chi connectivity index (χ0) is 16.4. The molecule has 10 heteroatoms. The van der Waals surface area contributed by atoms with Crippen LogP contribution in [0, 0.1) is 0 Å². The van der Waals surface area contributed by atoms with Gasteiger partial charge in [0.05, 0.1) is 10.4 Å². The molecule has 1 atom stereocenters. The first-order chi connectivity index (χ1) is 11.0. The Kier molecular flexibility index (Phi) is 6.92. The summed E-state index contributed by atoms with van der Waals surface area (Å²) in [6, 6.07) is 3.02. The highest BCUT2D eigenvalue weighted by Crippen LogP contribution is 2.28. The first kappa shape index (κ1) is 19.9. The maximum atomic E-state index is 12.5. The van der Waals surface area contributed by atoms with E-state index in [4.69, 9.17) is 11.6 Å². The van der Waals surface area contributed by atoms with Gasteiger partial charge >= 0.3 is 0 Å². The van der Waals surface area contributed by atoms with Crippen LogP contribution in [0.25, 0.3) is 0 Å². The van der Waals surface area contributed by atoms with Crippen molar-refractivity contribution in [1.29, 1.82) is 0 Å². The molecule has 136 valence electrons. The molecule has 0 saturated carbocycles. The summed E-state index contributed by atoms with van der Waals surface area (Å²) in [7, 11) is -3.50. The predicted molar refractivity (Wildman–Crippen MR) is 97.6 cm³/mol. The molecule has 0 spiro atoms. The van der Waals surface area contributed by atoms with Crippen LogP contribution in [0.4, 0.5) is 0 Å². The van der Waals surface area contributed by atoms with Crippen molar-refractivity contribution < 1.29 is 13.2 Å². The van der Waals surface area contributed by atoms with Gasteiger partial charge in [0.25, 0.3) is 10.0 Å². The highest BCUT2D eigenvalue weighted by molar-refractivity contribution is 7.91. The molecule has 1 amide bonds. The van der Waals surface area contributed by atoms with Gasteiger partial charge in [-0.25, -0.2) is 8.42 Å². The Bertz CT molecular complexity index is 667. The van der Waals surface area contributed by atoms with Crippen molar-refractivity contribution in [2.75, 3.05) is 32.7 Å². The van der Waals surface area contributed by atoms with E-state index in [0.717, 1.165) is 37.1 Å². The quantitative estimate of drug-likeness (QED) is 0.819. The highest BCUT2D eigenvalue weighted by Gasteiger charge is 2.33. The Labute approximate surface area is 157 Å². The third-order valence-corrected chi connectivity index (χ3v) is 7.90. The van der Waals surface area contributed by atoms with Gasteiger partial charge < -0.3 is 10.2 Å². The zero-order valence-electron chi connectivity index (χ0n) is 13.1. The van der Waals surface area contributed by atoms with E-state index in [9.17, 15) is 13.2 Å². The van der Waals surface area contributed by atoms with E-state index >= 15 is 0 Å². The Morgan fingerprint density at radius 3 is 2.46 bits per heavy atom. The van der Waals surface area contributed by atoms with E-state index in [2.05, 4.69) is 5.32 Å². The first-order valence-corrected chi connectivity index (χ1v) is 10.4. The number of carbonyl (C=O) groups excluding carboxylic acids is 1. The number of thiophene rings is 1. The van der Waals surface area contributed by atoms with E-state index in [-0.39, 0.29) is 28.6 Å². The van der Waals surface area contributed by atoms with E-state index in [1.165, 1.54) is 10.4 Å². The second kappa shape index (κ2) is 8.33. The van der Waals surface area contributed by atoms with Crippen molar-refractivity contribution in [3.8, 4) is 0 Å². The van der Waals surface area contributed by atoms with Gasteiger partial charge in [-0.3, -0.25) is 4.79 Å². The fraction of sp³-hybridized carbons (Fsp3) is 0.643. The van der Waals surface area contributed by atoms with Gasteiger partial charge in [-0.2, -0.15) is 4.31 Å². The fourth-order valence-electron chi connectivity index (χ4n) is 3.00. The van der Waals surface area contributed by atoms with E-state index < -0.39 is 10.0 Å². The van der Waals surface area contributed by atoms with Gasteiger partial charge in [-0.15, -0.1) is 23.7 Å². The number of nitrogens with zero attached hydrogens (tertiary/aromatic N) is 2. The maximum Gasteiger partial charge on any atom is 0.252 e. The molecule has 0 aliphatic carbocycles. The summed E-state index contributed by atoms with van der Waals surface area (Å²) < 4.78 is 27.2. The Hall–Kier alpha value is -0.380. The van der Waals surface area contributed by atoms with Gasteiger partial charge in [0.15, 0.2) is 0 Å². The number of halogens is 2. The molecule has 2 fully saturated rings. The highest BCUT2D eigenvalue weighted by atomic mass is 35.5. The van der Waals surface area contributed by atoms with E-state index in [1.54, 1.807) is 11.0 Å². The van der Waals surface area contributed by atoms with Crippen LogP contribution in [-0.4, -0.2) is 62.3 Å². The number of rotatable bonds is 3. The molecule has 3 heterocycles. The molecule has 24 heavy (non-hydrogen) atoms. The van der Waals surface area contributed by atoms with Crippen LogP contribution in [0.1, 0.15) is 19.3 Å². The number of hydrogen-bond acceptors (Lipinski definition) is 5. The summed E-state index contributed by atoms with van der Waals surface area (Å²) in [5, 5.41) is 3.25. The summed E-state index contributed by atoms with van der Waals surface area (Å²) in [4.78, 5) is 14.2. The second-order valence-corrected chi connectivity index (χ2v) is 9.67. The molecule has 1 aromatic rings. The summed E-state index contributed by atoms with van der Waals surface area (Å²) in [5.74, 6) is 0.0981. The largest absolute Gasteiger partial charge is 0.339 e. The third kappa shape index (κ3) is 4.23. The molecule has 3 rings (SSSR count). The monoisotopic (exact) mass is 413 g/mol. The van der Waals surface area contributed by atoms with Gasteiger partial charge in [0.2, 0.25) is 5.91 Å². The molecular weight excluding hydrogens is 393 g/mol. The molecule has 1 N–H and O–H groups in total. The van der Waals surface area contributed by atoms with Gasteiger partial charge in [-0.05, 0) is 31.5 Å². The van der Waals surface area contributed by atoms with Crippen LogP contribution in [0.2, 0.25) is 4.34 Å². The number of sulfonamides is 1. The van der Waals surface area contributed by atoms with Crippen LogP contribution in [0.5, 0.6) is 0 Å². The lowest BCUT2D eigenvalue weighted by molar-refractivity contribution is -0.135. The number of amides is 1. The summed E-state index contributed by atoms with van der Waals surface area (Å²) >= 11 is 6.90. The standard InChI is InChI=1S/C14H20ClN3O3S2.ClH/c15-12-4-5-13(22-12)23(20,21)18-9-7-17(8-10-18)14(19)11-3-1-2-6-16-11;/h4-5,11,16H,1-3,6-10H2;1H. The fourth-order valence-corrected chi connectivity index (χ4v) is 6.05. The lowest BCUT2D eigenvalue weighted by Crippen LogP contribution is -2.55. The predicted octanol–water partition coefficient (Wildman–Crippen LogP) is 1.80. The Morgan fingerprint density at radius 1 is 1.21 bits per heavy atom. The average molecular weight is 414 g/mol. The molecule has 0 aromatic carbocycles. The van der Waals surface area contributed by atoms with E-state index in [0.29, 0.717) is 30.5 Å². The van der Waals surface area contributed by atoms with Crippen molar-refractivity contribution in [1.82, 2.24) is 14.5 Å². The van der Waals surface area contributed by atoms with Crippen molar-refractivity contribution >= 4 is 51.3 Å². The van der Waals surface area contributed by atoms with Crippen LogP contribution < -0.4 is 5.32 Å². The molecule has 0 bridgehead atoms. The molecule has 2 aliphatic heterocycles. The SMILES string of the molecule is Cl.O=C(C1CCCCN1)N1CCN(S(=O)(=O)c2ccc(Cl)s2)CC1. The molecule has 2 aliphatic rings. The Balaban J connectivity index is 0.00000208. The average Bonchev–Trinajstić information content (AvgIpc) is 3.02. The van der Waals surface area contributed by atoms with Crippen molar-refractivity contribution in [3.05, 3.63) is 16.5 Å². The van der Waals surface area contributed by atoms with Crippen LogP contribution in [-0.2, 0) is 14.8 Å². The summed E-state index contributed by atoms with van der Waals surface area (Å²) in [5.41, 5.74) is 0. The summed E-state index contributed by atoms with van der Waals surface area (Å²) in [6.07, 6.45) is 3.04. The second-order valence-electron chi connectivity index (χ2n) is 5.79. The minimum Gasteiger partial charge on any atom is -0.339 e.